The third kappa shape index (κ3) is 1.19. The maximum Gasteiger partial charge on any atom is 0.149 e. The van der Waals surface area contributed by atoms with Gasteiger partial charge in [-0.1, -0.05) is 6.58 Å². The van der Waals surface area contributed by atoms with Crippen LogP contribution in [0.3, 0.4) is 0 Å². The number of rotatable bonds is 1. The third-order valence-electron chi connectivity index (χ3n) is 0.943. The Morgan fingerprint density at radius 1 is 1.70 bits per heavy atom. The number of hydrogen-bond acceptors (Lipinski definition) is 5. The Kier molecular flexibility index (Phi) is 1.49. The van der Waals surface area contributed by atoms with E-state index in [-0.39, 0.29) is 0 Å². The number of nitrogens with one attached hydrogen (secondary N) is 1. The van der Waals surface area contributed by atoms with Crippen molar-refractivity contribution in [3.8, 4) is 0 Å². The van der Waals surface area contributed by atoms with Gasteiger partial charge in [-0.05, 0) is 0 Å². The second-order valence-corrected chi connectivity index (χ2v) is 1.76. The first-order valence-electron chi connectivity index (χ1n) is 2.72. The topological polar surface area (TPSA) is 79.7 Å². The molecule has 0 radical (unpaired) electrons. The Balaban J connectivity index is 2.76. The zero-order valence-electron chi connectivity index (χ0n) is 5.41. The van der Waals surface area contributed by atoms with Crippen LogP contribution in [0.2, 0.25) is 0 Å². The van der Waals surface area contributed by atoms with Crippen LogP contribution in [0.15, 0.2) is 29.8 Å². The van der Waals surface area contributed by atoms with Gasteiger partial charge in [0.1, 0.15) is 11.7 Å². The van der Waals surface area contributed by atoms with Crippen molar-refractivity contribution in [2.75, 3.05) is 0 Å². The van der Waals surface area contributed by atoms with Crippen LogP contribution in [0.25, 0.3) is 0 Å². The predicted octanol–water partition coefficient (Wildman–Crippen LogP) is -0.978. The lowest BCUT2D eigenvalue weighted by molar-refractivity contribution is 0.313. The van der Waals surface area contributed by atoms with Crippen LogP contribution < -0.4 is 16.9 Å². The third-order valence-corrected chi connectivity index (χ3v) is 0.943. The molecule has 1 aliphatic rings. The lowest BCUT2D eigenvalue weighted by atomic mass is 10.5. The number of hydrazine groups is 1. The average Bonchev–Trinajstić information content (AvgIpc) is 1.85. The summed E-state index contributed by atoms with van der Waals surface area (Å²) >= 11 is 0. The Hall–Kier alpha value is -1.65. The van der Waals surface area contributed by atoms with E-state index in [1.54, 1.807) is 0 Å². The van der Waals surface area contributed by atoms with Crippen LogP contribution in [0.4, 0.5) is 0 Å². The Morgan fingerprint density at radius 3 is 2.90 bits per heavy atom. The monoisotopic (exact) mass is 139 g/mol. The smallest absolute Gasteiger partial charge is 0.149 e. The van der Waals surface area contributed by atoms with Crippen molar-refractivity contribution in [3.05, 3.63) is 24.7 Å². The maximum absolute atomic E-state index is 5.39. The van der Waals surface area contributed by atoms with Crippen molar-refractivity contribution < 1.29 is 0 Å². The Bertz CT molecular complexity index is 204. The quantitative estimate of drug-likeness (QED) is 0.436. The molecule has 0 aromatic heterocycles. The number of nitrogens with two attached hydrogens (primary N) is 2. The van der Waals surface area contributed by atoms with Gasteiger partial charge in [0.2, 0.25) is 0 Å². The van der Waals surface area contributed by atoms with Gasteiger partial charge in [0.15, 0.2) is 0 Å². The van der Waals surface area contributed by atoms with Crippen molar-refractivity contribution in [2.45, 2.75) is 0 Å². The highest BCUT2D eigenvalue weighted by Crippen LogP contribution is 1.94. The number of hydrogen-bond donors (Lipinski definition) is 3. The summed E-state index contributed by atoms with van der Waals surface area (Å²) in [5, 5.41) is 5.13. The van der Waals surface area contributed by atoms with E-state index in [1.807, 2.05) is 0 Å². The molecule has 0 saturated heterocycles. The first-order chi connectivity index (χ1) is 4.72. The van der Waals surface area contributed by atoms with Crippen LogP contribution in [0.5, 0.6) is 0 Å². The summed E-state index contributed by atoms with van der Waals surface area (Å²) in [5.41, 5.74) is 13.4. The average molecular weight is 139 g/mol. The summed E-state index contributed by atoms with van der Waals surface area (Å²) < 4.78 is 0. The predicted molar refractivity (Wildman–Crippen MR) is 39.1 cm³/mol. The molecule has 0 aromatic carbocycles. The molecule has 5 N–H and O–H groups in total. The van der Waals surface area contributed by atoms with Crippen LogP contribution in [-0.4, -0.2) is 11.0 Å². The summed E-state index contributed by atoms with van der Waals surface area (Å²) in [6.45, 7) is 3.47. The van der Waals surface area contributed by atoms with Crippen molar-refractivity contribution in [1.29, 1.82) is 0 Å². The minimum absolute atomic E-state index is 0.358. The van der Waals surface area contributed by atoms with Crippen molar-refractivity contribution in [1.82, 2.24) is 10.5 Å². The van der Waals surface area contributed by atoms with Crippen LogP contribution >= 0.6 is 0 Å². The first kappa shape index (κ1) is 6.47. The summed E-state index contributed by atoms with van der Waals surface area (Å²) in [5.74, 6) is 0.809. The van der Waals surface area contributed by atoms with Gasteiger partial charge in [0.25, 0.3) is 0 Å². The van der Waals surface area contributed by atoms with E-state index in [0.29, 0.717) is 11.7 Å². The number of nitrogens with zero attached hydrogens (tertiary/aromatic N) is 2. The van der Waals surface area contributed by atoms with Gasteiger partial charge in [0.05, 0.1) is 0 Å². The zero-order chi connectivity index (χ0) is 7.56. The van der Waals surface area contributed by atoms with Crippen LogP contribution in [0, 0.1) is 0 Å². The molecule has 10 heavy (non-hydrogen) atoms. The van der Waals surface area contributed by atoms with Gasteiger partial charge >= 0.3 is 0 Å². The Labute approximate surface area is 58.6 Å². The molecule has 1 heterocycles. The van der Waals surface area contributed by atoms with Crippen molar-refractivity contribution in [3.63, 3.8) is 0 Å². The molecule has 1 rings (SSSR count). The Morgan fingerprint density at radius 2 is 2.40 bits per heavy atom. The zero-order valence-corrected chi connectivity index (χ0v) is 5.41. The fourth-order valence-electron chi connectivity index (χ4n) is 0.589. The van der Waals surface area contributed by atoms with E-state index in [4.69, 9.17) is 11.5 Å². The highest BCUT2D eigenvalue weighted by molar-refractivity contribution is 5.92. The molecule has 0 fully saturated rings. The molecule has 0 amide bonds. The second kappa shape index (κ2) is 2.30. The van der Waals surface area contributed by atoms with Gasteiger partial charge in [-0.25, -0.2) is 0 Å². The minimum atomic E-state index is 0.358. The van der Waals surface area contributed by atoms with Gasteiger partial charge in [-0.15, -0.1) is 5.10 Å². The lowest BCUT2D eigenvalue weighted by Gasteiger charge is -2.20. The largest absolute Gasteiger partial charge is 0.384 e. The van der Waals surface area contributed by atoms with E-state index >= 15 is 0 Å². The number of amidine groups is 1. The van der Waals surface area contributed by atoms with E-state index in [1.165, 1.54) is 17.4 Å². The highest BCUT2D eigenvalue weighted by Gasteiger charge is 2.03. The normalized spacial score (nSPS) is 17.0. The van der Waals surface area contributed by atoms with Crippen LogP contribution in [-0.2, 0) is 0 Å². The molecular weight excluding hydrogens is 130 g/mol. The molecule has 54 valence electrons. The molecule has 0 bridgehead atoms. The van der Waals surface area contributed by atoms with Crippen molar-refractivity contribution >= 4 is 5.84 Å². The second-order valence-electron chi connectivity index (χ2n) is 1.76. The van der Waals surface area contributed by atoms with Gasteiger partial charge < -0.3 is 11.5 Å². The molecule has 0 aliphatic carbocycles. The summed E-state index contributed by atoms with van der Waals surface area (Å²) in [7, 11) is 0. The standard InChI is InChI=1S/C5H9N5/c1-2-10-8-4(6)3-5(7)9-10/h2-3,8H,1,6H2,(H2,7,9). The van der Waals surface area contributed by atoms with E-state index in [9.17, 15) is 0 Å². The molecule has 5 heteroatoms. The van der Waals surface area contributed by atoms with E-state index < -0.39 is 0 Å². The molecule has 0 atom stereocenters. The van der Waals surface area contributed by atoms with Gasteiger partial charge in [-0.2, -0.15) is 5.12 Å². The molecule has 0 unspecified atom stereocenters. The summed E-state index contributed by atoms with van der Waals surface area (Å²) in [4.78, 5) is 0. The first-order valence-corrected chi connectivity index (χ1v) is 2.72. The number of hydrazone groups is 1. The van der Waals surface area contributed by atoms with E-state index in [2.05, 4.69) is 17.1 Å². The fraction of sp³-hybridized carbons (Fsp3) is 0. The summed E-state index contributed by atoms with van der Waals surface area (Å²) in [6.07, 6.45) is 2.99. The lowest BCUT2D eigenvalue weighted by Crippen LogP contribution is -2.38. The highest BCUT2D eigenvalue weighted by atomic mass is 15.7. The summed E-state index contributed by atoms with van der Waals surface area (Å²) in [6, 6.07) is 0. The van der Waals surface area contributed by atoms with Crippen molar-refractivity contribution in [2.24, 2.45) is 16.6 Å². The molecule has 0 spiro atoms. The fourth-order valence-corrected chi connectivity index (χ4v) is 0.589. The molecule has 0 saturated carbocycles. The van der Waals surface area contributed by atoms with Gasteiger partial charge in [0, 0.05) is 12.3 Å². The molecular formula is C5H9N5. The SMILES string of the molecule is C=CN1N=C(N)C=C(N)N1. The van der Waals surface area contributed by atoms with Gasteiger partial charge in [-0.3, -0.25) is 5.43 Å². The maximum atomic E-state index is 5.39. The molecule has 5 nitrogen and oxygen atoms in total. The molecule has 1 aliphatic heterocycles. The van der Waals surface area contributed by atoms with Crippen LogP contribution in [0.1, 0.15) is 0 Å². The minimum Gasteiger partial charge on any atom is -0.384 e. The molecule has 0 aromatic rings. The van der Waals surface area contributed by atoms with E-state index in [0.717, 1.165) is 0 Å².